The quantitative estimate of drug-likeness (QED) is 0.464. The Kier molecular flexibility index (Phi) is 2.40. The summed E-state index contributed by atoms with van der Waals surface area (Å²) in [7, 11) is 0. The molecular weight excluding hydrogens is 262 g/mol. The highest BCUT2D eigenvalue weighted by molar-refractivity contribution is 9.10. The minimum Gasteiger partial charge on any atom is -0.289 e. The average Bonchev–Trinajstić information content (AvgIpc) is 2.44. The van der Waals surface area contributed by atoms with E-state index in [1.165, 1.54) is 0 Å². The van der Waals surface area contributed by atoms with Gasteiger partial charge in [-0.15, -0.1) is 0 Å². The summed E-state index contributed by atoms with van der Waals surface area (Å²) in [4.78, 5) is 33.6. The van der Waals surface area contributed by atoms with Crippen LogP contribution in [-0.4, -0.2) is 17.6 Å². The molecule has 0 aromatic heterocycles. The highest BCUT2D eigenvalue weighted by Gasteiger charge is 2.40. The van der Waals surface area contributed by atoms with E-state index in [9.17, 15) is 14.4 Å². The lowest BCUT2D eigenvalue weighted by atomic mass is 9.97. The van der Waals surface area contributed by atoms with Crippen LogP contribution in [0.4, 0.5) is 0 Å². The van der Waals surface area contributed by atoms with Crippen LogP contribution in [0.2, 0.25) is 0 Å². The molecule has 0 bridgehead atoms. The fourth-order valence-electron chi connectivity index (χ4n) is 1.45. The Morgan fingerprint density at radius 1 is 1.07 bits per heavy atom. The molecule has 76 valence electrons. The number of hydrogen-bond donors (Lipinski definition) is 1. The van der Waals surface area contributed by atoms with Crippen LogP contribution in [0.3, 0.4) is 0 Å². The molecular formula is C10H6BrNO3. The molecule has 1 aromatic rings. The molecule has 1 fully saturated rings. The molecule has 2 rings (SSSR count). The second-order valence-corrected chi connectivity index (χ2v) is 4.08. The van der Waals surface area contributed by atoms with Crippen molar-refractivity contribution in [3.8, 4) is 0 Å². The standard InChI is InChI=1S/C10H6BrNO3/c11-6-3-1-5(2-4-6)7-8(13)10(15)12-9(7)14/h1-4,7H,(H,12,14,15). The van der Waals surface area contributed by atoms with Gasteiger partial charge in [-0.1, -0.05) is 28.1 Å². The summed E-state index contributed by atoms with van der Waals surface area (Å²) in [5.74, 6) is -3.05. The zero-order valence-corrected chi connectivity index (χ0v) is 9.08. The van der Waals surface area contributed by atoms with Gasteiger partial charge in [-0.25, -0.2) is 0 Å². The second kappa shape index (κ2) is 3.58. The van der Waals surface area contributed by atoms with Gasteiger partial charge in [-0.05, 0) is 17.7 Å². The Bertz CT molecular complexity index is 452. The molecule has 15 heavy (non-hydrogen) atoms. The molecule has 1 aliphatic rings. The minimum atomic E-state index is -0.981. The number of carbonyl (C=O) groups is 3. The first-order chi connectivity index (χ1) is 7.09. The van der Waals surface area contributed by atoms with Gasteiger partial charge in [-0.2, -0.15) is 0 Å². The van der Waals surface area contributed by atoms with Crippen LogP contribution in [-0.2, 0) is 14.4 Å². The Balaban J connectivity index is 2.39. The lowest BCUT2D eigenvalue weighted by Crippen LogP contribution is -2.22. The number of amides is 2. The summed E-state index contributed by atoms with van der Waals surface area (Å²) in [5.41, 5.74) is 0.534. The molecule has 2 amide bonds. The van der Waals surface area contributed by atoms with E-state index in [1.54, 1.807) is 24.3 Å². The molecule has 1 aromatic carbocycles. The van der Waals surface area contributed by atoms with Crippen molar-refractivity contribution < 1.29 is 14.4 Å². The molecule has 5 heteroatoms. The summed E-state index contributed by atoms with van der Waals surface area (Å²) in [6, 6.07) is 6.73. The third-order valence-corrected chi connectivity index (χ3v) is 2.72. The number of imide groups is 1. The van der Waals surface area contributed by atoms with Gasteiger partial charge in [0.25, 0.3) is 5.91 Å². The number of rotatable bonds is 1. The number of carbonyl (C=O) groups excluding carboxylic acids is 3. The highest BCUT2D eigenvalue weighted by Crippen LogP contribution is 2.23. The maximum absolute atomic E-state index is 11.4. The molecule has 1 aliphatic heterocycles. The maximum Gasteiger partial charge on any atom is 0.295 e. The fraction of sp³-hybridized carbons (Fsp3) is 0.100. The van der Waals surface area contributed by atoms with E-state index in [4.69, 9.17) is 0 Å². The Morgan fingerprint density at radius 3 is 2.13 bits per heavy atom. The zero-order valence-electron chi connectivity index (χ0n) is 7.49. The average molecular weight is 268 g/mol. The highest BCUT2D eigenvalue weighted by atomic mass is 79.9. The summed E-state index contributed by atoms with van der Waals surface area (Å²) in [6.07, 6.45) is 0. The number of Topliss-reactive ketones (excluding diaryl/α,β-unsaturated/α-hetero) is 1. The van der Waals surface area contributed by atoms with Gasteiger partial charge >= 0.3 is 0 Å². The van der Waals surface area contributed by atoms with Crippen molar-refractivity contribution in [1.82, 2.24) is 5.32 Å². The summed E-state index contributed by atoms with van der Waals surface area (Å²) >= 11 is 3.24. The largest absolute Gasteiger partial charge is 0.295 e. The van der Waals surface area contributed by atoms with Crippen LogP contribution in [0.5, 0.6) is 0 Å². The van der Waals surface area contributed by atoms with Crippen LogP contribution in [0, 0.1) is 0 Å². The van der Waals surface area contributed by atoms with Crippen molar-refractivity contribution in [3.63, 3.8) is 0 Å². The maximum atomic E-state index is 11.4. The SMILES string of the molecule is O=C1NC(=O)C(c2ccc(Br)cc2)C1=O. The van der Waals surface area contributed by atoms with E-state index >= 15 is 0 Å². The number of hydrogen-bond acceptors (Lipinski definition) is 3. The molecule has 4 nitrogen and oxygen atoms in total. The number of halogens is 1. The first-order valence-electron chi connectivity index (χ1n) is 4.24. The van der Waals surface area contributed by atoms with E-state index in [0.29, 0.717) is 5.56 Å². The van der Waals surface area contributed by atoms with Gasteiger partial charge in [0.05, 0.1) is 0 Å². The van der Waals surface area contributed by atoms with Crippen molar-refractivity contribution in [2.75, 3.05) is 0 Å². The summed E-state index contributed by atoms with van der Waals surface area (Å²) < 4.78 is 0.850. The topological polar surface area (TPSA) is 63.2 Å². The smallest absolute Gasteiger partial charge is 0.289 e. The van der Waals surface area contributed by atoms with Crippen LogP contribution in [0.25, 0.3) is 0 Å². The Hall–Kier alpha value is -1.49. The van der Waals surface area contributed by atoms with Gasteiger partial charge in [0, 0.05) is 4.47 Å². The molecule has 0 spiro atoms. The third kappa shape index (κ3) is 1.70. The second-order valence-electron chi connectivity index (χ2n) is 3.17. The molecule has 1 atom stereocenters. The van der Waals surface area contributed by atoms with Crippen molar-refractivity contribution in [2.24, 2.45) is 0 Å². The van der Waals surface area contributed by atoms with Crippen molar-refractivity contribution in [3.05, 3.63) is 34.3 Å². The predicted molar refractivity (Wildman–Crippen MR) is 55.0 cm³/mol. The van der Waals surface area contributed by atoms with Gasteiger partial charge in [0.1, 0.15) is 5.92 Å². The van der Waals surface area contributed by atoms with Crippen LogP contribution >= 0.6 is 15.9 Å². The van der Waals surface area contributed by atoms with Gasteiger partial charge in [0.15, 0.2) is 0 Å². The monoisotopic (exact) mass is 267 g/mol. The Morgan fingerprint density at radius 2 is 1.67 bits per heavy atom. The van der Waals surface area contributed by atoms with Crippen molar-refractivity contribution in [2.45, 2.75) is 5.92 Å². The van der Waals surface area contributed by atoms with E-state index in [-0.39, 0.29) is 0 Å². The van der Waals surface area contributed by atoms with Crippen LogP contribution in [0.1, 0.15) is 11.5 Å². The Labute approximate surface area is 93.8 Å². The predicted octanol–water partition coefficient (Wildman–Crippen LogP) is 0.758. The zero-order chi connectivity index (χ0) is 11.0. The van der Waals surface area contributed by atoms with Crippen LogP contribution < -0.4 is 5.32 Å². The number of nitrogens with one attached hydrogen (secondary N) is 1. The number of ketones is 1. The van der Waals surface area contributed by atoms with Crippen molar-refractivity contribution in [1.29, 1.82) is 0 Å². The van der Waals surface area contributed by atoms with Gasteiger partial charge in [0.2, 0.25) is 11.7 Å². The molecule has 0 aliphatic carbocycles. The molecule has 0 saturated carbocycles. The lowest BCUT2D eigenvalue weighted by molar-refractivity contribution is -0.135. The first-order valence-corrected chi connectivity index (χ1v) is 5.03. The third-order valence-electron chi connectivity index (χ3n) is 2.19. The summed E-state index contributed by atoms with van der Waals surface area (Å²) in [5, 5.41) is 1.99. The van der Waals surface area contributed by atoms with E-state index in [1.807, 2.05) is 5.32 Å². The fourth-order valence-corrected chi connectivity index (χ4v) is 1.72. The molecule has 1 heterocycles. The first kappa shape index (κ1) is 10.0. The minimum absolute atomic E-state index is 0.534. The molecule has 1 N–H and O–H groups in total. The lowest BCUT2D eigenvalue weighted by Gasteiger charge is -2.04. The van der Waals surface area contributed by atoms with Gasteiger partial charge in [-0.3, -0.25) is 19.7 Å². The normalized spacial score (nSPS) is 20.6. The van der Waals surface area contributed by atoms with Gasteiger partial charge < -0.3 is 0 Å². The van der Waals surface area contributed by atoms with Crippen molar-refractivity contribution >= 4 is 33.5 Å². The van der Waals surface area contributed by atoms with E-state index < -0.39 is 23.5 Å². The summed E-state index contributed by atoms with van der Waals surface area (Å²) in [6.45, 7) is 0. The van der Waals surface area contributed by atoms with Crippen LogP contribution in [0.15, 0.2) is 28.7 Å². The molecule has 1 saturated heterocycles. The molecule has 0 radical (unpaired) electrons. The van der Waals surface area contributed by atoms with E-state index in [2.05, 4.69) is 15.9 Å². The van der Waals surface area contributed by atoms with E-state index in [0.717, 1.165) is 4.47 Å². The number of benzene rings is 1. The molecule has 1 unspecified atom stereocenters.